The van der Waals surface area contributed by atoms with Gasteiger partial charge < -0.3 is 9.15 Å². The van der Waals surface area contributed by atoms with Gasteiger partial charge in [0.15, 0.2) is 5.89 Å². The molecule has 94 valence electrons. The van der Waals surface area contributed by atoms with E-state index in [9.17, 15) is 9.18 Å². The number of esters is 1. The van der Waals surface area contributed by atoms with Gasteiger partial charge in [-0.25, -0.2) is 14.2 Å². The van der Waals surface area contributed by atoms with Gasteiger partial charge in [0.2, 0.25) is 5.76 Å². The van der Waals surface area contributed by atoms with Crippen LogP contribution >= 0.6 is 0 Å². The van der Waals surface area contributed by atoms with Gasteiger partial charge in [0, 0.05) is 12.5 Å². The quantitative estimate of drug-likeness (QED) is 0.785. The molecule has 0 bridgehead atoms. The van der Waals surface area contributed by atoms with Crippen LogP contribution in [0.15, 0.2) is 28.7 Å². The summed E-state index contributed by atoms with van der Waals surface area (Å²) in [6.07, 6.45) is 0. The molecule has 5 heteroatoms. The van der Waals surface area contributed by atoms with Crippen LogP contribution in [0.25, 0.3) is 11.3 Å². The number of rotatable bonds is 3. The van der Waals surface area contributed by atoms with Gasteiger partial charge in [0.25, 0.3) is 0 Å². The van der Waals surface area contributed by atoms with Gasteiger partial charge in [-0.1, -0.05) is 12.1 Å². The zero-order chi connectivity index (χ0) is 13.1. The molecule has 0 fully saturated rings. The molecule has 0 radical (unpaired) electrons. The molecule has 1 aromatic heterocycles. The van der Waals surface area contributed by atoms with E-state index in [-0.39, 0.29) is 12.4 Å². The van der Waals surface area contributed by atoms with Crippen LogP contribution in [0.1, 0.15) is 23.4 Å². The van der Waals surface area contributed by atoms with Gasteiger partial charge in [-0.05, 0) is 19.1 Å². The first-order chi connectivity index (χ1) is 8.61. The second-order valence-corrected chi connectivity index (χ2v) is 3.64. The molecule has 2 rings (SSSR count). The number of ether oxygens (including phenoxy) is 1. The fourth-order valence-corrected chi connectivity index (χ4v) is 1.59. The largest absolute Gasteiger partial charge is 0.460 e. The van der Waals surface area contributed by atoms with Crippen LogP contribution in [0.2, 0.25) is 0 Å². The van der Waals surface area contributed by atoms with E-state index in [2.05, 4.69) is 4.98 Å². The van der Waals surface area contributed by atoms with Crippen molar-refractivity contribution in [1.82, 2.24) is 4.98 Å². The predicted molar refractivity (Wildman–Crippen MR) is 62.6 cm³/mol. The molecular formula is C13H12FNO3. The first kappa shape index (κ1) is 12.3. The average molecular weight is 249 g/mol. The topological polar surface area (TPSA) is 52.3 Å². The molecule has 18 heavy (non-hydrogen) atoms. The van der Waals surface area contributed by atoms with Crippen molar-refractivity contribution in [3.63, 3.8) is 0 Å². The second-order valence-electron chi connectivity index (χ2n) is 3.64. The Hall–Kier alpha value is -2.17. The third-order valence-corrected chi connectivity index (χ3v) is 2.29. The zero-order valence-electron chi connectivity index (χ0n) is 10.1. The second kappa shape index (κ2) is 5.00. The van der Waals surface area contributed by atoms with E-state index in [0.29, 0.717) is 17.1 Å². The monoisotopic (exact) mass is 249 g/mol. The van der Waals surface area contributed by atoms with E-state index in [4.69, 9.17) is 9.15 Å². The highest BCUT2D eigenvalue weighted by Gasteiger charge is 2.21. The Kier molecular flexibility index (Phi) is 3.41. The minimum absolute atomic E-state index is 0.0000463. The summed E-state index contributed by atoms with van der Waals surface area (Å²) in [6, 6.07) is 5.81. The number of nitrogens with zero attached hydrogens (tertiary/aromatic N) is 1. The summed E-state index contributed by atoms with van der Waals surface area (Å²) in [5.41, 5.74) is 0.778. The van der Waals surface area contributed by atoms with Crippen LogP contribution in [0.3, 0.4) is 0 Å². The number of halogens is 1. The number of benzene rings is 1. The molecule has 1 heterocycles. The molecule has 0 unspecified atom stereocenters. The fourth-order valence-electron chi connectivity index (χ4n) is 1.59. The Morgan fingerprint density at radius 1 is 1.50 bits per heavy atom. The van der Waals surface area contributed by atoms with Crippen molar-refractivity contribution in [3.05, 3.63) is 41.7 Å². The smallest absolute Gasteiger partial charge is 0.376 e. The van der Waals surface area contributed by atoms with Crippen LogP contribution in [-0.2, 0) is 4.74 Å². The van der Waals surface area contributed by atoms with Gasteiger partial charge in [-0.2, -0.15) is 0 Å². The lowest BCUT2D eigenvalue weighted by Gasteiger charge is -2.01. The van der Waals surface area contributed by atoms with E-state index in [1.165, 1.54) is 12.1 Å². The Bertz CT molecular complexity index is 577. The molecule has 0 saturated heterocycles. The maximum absolute atomic E-state index is 13.2. The molecule has 0 N–H and O–H groups in total. The maximum atomic E-state index is 13.2. The van der Waals surface area contributed by atoms with Crippen LogP contribution in [0.5, 0.6) is 0 Å². The summed E-state index contributed by atoms with van der Waals surface area (Å²) in [5, 5.41) is 0. The highest BCUT2D eigenvalue weighted by molar-refractivity contribution is 5.93. The summed E-state index contributed by atoms with van der Waals surface area (Å²) < 4.78 is 23.2. The third-order valence-electron chi connectivity index (χ3n) is 2.29. The van der Waals surface area contributed by atoms with Gasteiger partial charge in [0.1, 0.15) is 11.5 Å². The predicted octanol–water partition coefficient (Wildman–Crippen LogP) is 2.97. The highest BCUT2D eigenvalue weighted by Crippen LogP contribution is 2.25. The fraction of sp³-hybridized carbons (Fsp3) is 0.231. The maximum Gasteiger partial charge on any atom is 0.376 e. The summed E-state index contributed by atoms with van der Waals surface area (Å²) in [7, 11) is 0. The van der Waals surface area contributed by atoms with Crippen molar-refractivity contribution in [2.75, 3.05) is 6.61 Å². The SMILES string of the molecule is CCOC(=O)c1oc(C)nc1-c1cccc(F)c1. The van der Waals surface area contributed by atoms with Crippen LogP contribution in [-0.4, -0.2) is 17.6 Å². The Morgan fingerprint density at radius 3 is 2.94 bits per heavy atom. The number of oxazole rings is 1. The molecule has 1 aromatic carbocycles. The van der Waals surface area contributed by atoms with Crippen LogP contribution in [0, 0.1) is 12.7 Å². The van der Waals surface area contributed by atoms with Crippen molar-refractivity contribution >= 4 is 5.97 Å². The molecule has 0 aliphatic carbocycles. The molecule has 2 aromatic rings. The van der Waals surface area contributed by atoms with Gasteiger partial charge >= 0.3 is 5.97 Å². The third kappa shape index (κ3) is 2.40. The van der Waals surface area contributed by atoms with E-state index in [1.54, 1.807) is 26.0 Å². The number of hydrogen-bond donors (Lipinski definition) is 0. The average Bonchev–Trinajstić information content (AvgIpc) is 2.72. The summed E-state index contributed by atoms with van der Waals surface area (Å²) in [6.45, 7) is 3.55. The molecule has 4 nitrogen and oxygen atoms in total. The van der Waals surface area contributed by atoms with Crippen molar-refractivity contribution in [1.29, 1.82) is 0 Å². The molecule has 0 saturated carbocycles. The molecule has 0 aliphatic rings. The van der Waals surface area contributed by atoms with Crippen molar-refractivity contribution < 1.29 is 18.3 Å². The Balaban J connectivity index is 2.47. The van der Waals surface area contributed by atoms with Gasteiger partial charge in [-0.3, -0.25) is 0 Å². The van der Waals surface area contributed by atoms with Crippen molar-refractivity contribution in [2.24, 2.45) is 0 Å². The number of aryl methyl sites for hydroxylation is 1. The Morgan fingerprint density at radius 2 is 2.28 bits per heavy atom. The Labute approximate surface area is 103 Å². The zero-order valence-corrected chi connectivity index (χ0v) is 10.1. The number of carbonyl (C=O) groups is 1. The van der Waals surface area contributed by atoms with Crippen molar-refractivity contribution in [2.45, 2.75) is 13.8 Å². The number of aromatic nitrogens is 1. The molecule has 0 amide bonds. The number of hydrogen-bond acceptors (Lipinski definition) is 4. The molecule has 0 atom stereocenters. The first-order valence-corrected chi connectivity index (χ1v) is 5.52. The lowest BCUT2D eigenvalue weighted by Crippen LogP contribution is -2.04. The lowest BCUT2D eigenvalue weighted by atomic mass is 10.1. The lowest BCUT2D eigenvalue weighted by molar-refractivity contribution is 0.0490. The number of carbonyl (C=O) groups excluding carboxylic acids is 1. The van der Waals surface area contributed by atoms with E-state index >= 15 is 0 Å². The van der Waals surface area contributed by atoms with Gasteiger partial charge in [-0.15, -0.1) is 0 Å². The minimum Gasteiger partial charge on any atom is -0.460 e. The van der Waals surface area contributed by atoms with E-state index in [1.807, 2.05) is 0 Å². The summed E-state index contributed by atoms with van der Waals surface area (Å²) in [4.78, 5) is 15.8. The summed E-state index contributed by atoms with van der Waals surface area (Å²) >= 11 is 0. The standard InChI is InChI=1S/C13H12FNO3/c1-3-17-13(16)12-11(15-8(2)18-12)9-5-4-6-10(14)7-9/h4-7H,3H2,1-2H3. The molecule has 0 spiro atoms. The normalized spacial score (nSPS) is 10.4. The van der Waals surface area contributed by atoms with Crippen molar-refractivity contribution in [3.8, 4) is 11.3 Å². The van der Waals surface area contributed by atoms with E-state index < -0.39 is 11.8 Å². The summed E-state index contributed by atoms with van der Waals surface area (Å²) in [5.74, 6) is -0.669. The first-order valence-electron chi connectivity index (χ1n) is 5.52. The van der Waals surface area contributed by atoms with Crippen LogP contribution in [0.4, 0.5) is 4.39 Å². The molecular weight excluding hydrogens is 237 g/mol. The van der Waals surface area contributed by atoms with Gasteiger partial charge in [0.05, 0.1) is 6.61 Å². The molecule has 0 aliphatic heterocycles. The van der Waals surface area contributed by atoms with E-state index in [0.717, 1.165) is 0 Å². The highest BCUT2D eigenvalue weighted by atomic mass is 19.1. The minimum atomic E-state index is -0.600. The van der Waals surface area contributed by atoms with Crippen LogP contribution < -0.4 is 0 Å².